The van der Waals surface area contributed by atoms with Gasteiger partial charge >= 0.3 is 5.97 Å². The minimum absolute atomic E-state index is 0.0538. The number of rotatable bonds is 3. The van der Waals surface area contributed by atoms with Crippen LogP contribution in [0, 0.1) is 5.82 Å². The van der Waals surface area contributed by atoms with Crippen molar-refractivity contribution in [3.05, 3.63) is 35.1 Å². The topological polar surface area (TPSA) is 46.5 Å². The molecule has 1 aromatic carbocycles. The monoisotopic (exact) mass is 214 g/mol. The number of ether oxygens (including phenoxy) is 1. The van der Waals surface area contributed by atoms with Gasteiger partial charge in [-0.15, -0.1) is 0 Å². The third kappa shape index (κ3) is 4.08. The van der Waals surface area contributed by atoms with Gasteiger partial charge in [-0.05, 0) is 17.7 Å². The lowest BCUT2D eigenvalue weighted by Crippen LogP contribution is -2.03. The molecule has 0 radical (unpaired) electrons. The Balaban J connectivity index is 0.000000921. The van der Waals surface area contributed by atoms with Crippen molar-refractivity contribution in [1.29, 1.82) is 0 Å². The highest BCUT2D eigenvalue weighted by molar-refractivity contribution is 5.89. The van der Waals surface area contributed by atoms with E-state index in [2.05, 4.69) is 0 Å². The first-order valence-corrected chi connectivity index (χ1v) is 4.66. The van der Waals surface area contributed by atoms with Crippen LogP contribution in [0.4, 0.5) is 4.39 Å². The van der Waals surface area contributed by atoms with E-state index in [9.17, 15) is 9.18 Å². The summed E-state index contributed by atoms with van der Waals surface area (Å²) < 4.78 is 17.4. The van der Waals surface area contributed by atoms with Gasteiger partial charge in [0.1, 0.15) is 5.82 Å². The van der Waals surface area contributed by atoms with E-state index in [-0.39, 0.29) is 12.2 Å². The fraction of sp³-hybridized carbons (Fsp3) is 0.364. The molecule has 0 amide bonds. The number of benzene rings is 1. The van der Waals surface area contributed by atoms with Crippen molar-refractivity contribution in [1.82, 2.24) is 0 Å². The standard InChI is InChI=1S/C9H9FO3.C2H6/c1-13-5-6-2-3-7(10)4-8(6)9(11)12;1-2/h2-4H,5H2,1H3,(H,11,12);1-2H3. The molecule has 0 aliphatic heterocycles. The Labute approximate surface area is 88.5 Å². The van der Waals surface area contributed by atoms with E-state index in [4.69, 9.17) is 9.84 Å². The second-order valence-corrected chi connectivity index (χ2v) is 2.54. The zero-order chi connectivity index (χ0) is 11.8. The van der Waals surface area contributed by atoms with Gasteiger partial charge < -0.3 is 9.84 Å². The SMILES string of the molecule is CC.COCc1ccc(F)cc1C(=O)O. The number of aromatic carboxylic acids is 1. The van der Waals surface area contributed by atoms with Crippen LogP contribution in [0.15, 0.2) is 18.2 Å². The van der Waals surface area contributed by atoms with Gasteiger partial charge in [-0.25, -0.2) is 9.18 Å². The van der Waals surface area contributed by atoms with Gasteiger partial charge in [0, 0.05) is 7.11 Å². The average molecular weight is 214 g/mol. The van der Waals surface area contributed by atoms with E-state index in [1.807, 2.05) is 13.8 Å². The second kappa shape index (κ2) is 6.95. The molecule has 0 fully saturated rings. The zero-order valence-corrected chi connectivity index (χ0v) is 9.08. The van der Waals surface area contributed by atoms with Crippen molar-refractivity contribution in [2.75, 3.05) is 7.11 Å². The highest BCUT2D eigenvalue weighted by Gasteiger charge is 2.10. The summed E-state index contributed by atoms with van der Waals surface area (Å²) in [6.45, 7) is 4.17. The molecule has 15 heavy (non-hydrogen) atoms. The molecule has 0 aromatic heterocycles. The first-order valence-electron chi connectivity index (χ1n) is 4.66. The van der Waals surface area contributed by atoms with Crippen molar-refractivity contribution in [3.8, 4) is 0 Å². The summed E-state index contributed by atoms with van der Waals surface area (Å²) in [5.74, 6) is -1.70. The summed E-state index contributed by atoms with van der Waals surface area (Å²) in [5, 5.41) is 8.69. The number of hydrogen-bond acceptors (Lipinski definition) is 2. The van der Waals surface area contributed by atoms with Crippen LogP contribution in [-0.2, 0) is 11.3 Å². The van der Waals surface area contributed by atoms with Gasteiger partial charge in [0.15, 0.2) is 0 Å². The van der Waals surface area contributed by atoms with Crippen LogP contribution < -0.4 is 0 Å². The molecule has 0 unspecified atom stereocenters. The molecule has 4 heteroatoms. The summed E-state index contributed by atoms with van der Waals surface area (Å²) in [6, 6.07) is 3.60. The highest BCUT2D eigenvalue weighted by atomic mass is 19.1. The van der Waals surface area contributed by atoms with Gasteiger partial charge in [0.25, 0.3) is 0 Å². The third-order valence-electron chi connectivity index (χ3n) is 1.60. The van der Waals surface area contributed by atoms with Crippen LogP contribution >= 0.6 is 0 Å². The Hall–Kier alpha value is -1.42. The predicted octanol–water partition coefficient (Wildman–Crippen LogP) is 2.70. The van der Waals surface area contributed by atoms with Crippen LogP contribution in [0.25, 0.3) is 0 Å². The fourth-order valence-corrected chi connectivity index (χ4v) is 1.03. The van der Waals surface area contributed by atoms with Crippen LogP contribution in [0.1, 0.15) is 29.8 Å². The van der Waals surface area contributed by atoms with E-state index in [0.29, 0.717) is 5.56 Å². The average Bonchev–Trinajstić information content (AvgIpc) is 2.24. The number of hydrogen-bond donors (Lipinski definition) is 1. The molecule has 1 N–H and O–H groups in total. The van der Waals surface area contributed by atoms with Gasteiger partial charge in [0.2, 0.25) is 0 Å². The minimum Gasteiger partial charge on any atom is -0.478 e. The summed E-state index contributed by atoms with van der Waals surface area (Å²) in [6.07, 6.45) is 0. The molecule has 0 aliphatic carbocycles. The quantitative estimate of drug-likeness (QED) is 0.841. The van der Waals surface area contributed by atoms with Crippen LogP contribution in [0.3, 0.4) is 0 Å². The number of carboxylic acids is 1. The van der Waals surface area contributed by atoms with Crippen molar-refractivity contribution in [3.63, 3.8) is 0 Å². The van der Waals surface area contributed by atoms with E-state index in [1.165, 1.54) is 19.2 Å². The van der Waals surface area contributed by atoms with Gasteiger partial charge in [-0.2, -0.15) is 0 Å². The maximum atomic E-state index is 12.6. The molecule has 1 aromatic rings. The second-order valence-electron chi connectivity index (χ2n) is 2.54. The number of methoxy groups -OCH3 is 1. The Morgan fingerprint density at radius 3 is 2.53 bits per heavy atom. The number of carboxylic acid groups (broad SMARTS) is 1. The van der Waals surface area contributed by atoms with E-state index in [0.717, 1.165) is 6.07 Å². The normalized spacial score (nSPS) is 9.07. The highest BCUT2D eigenvalue weighted by Crippen LogP contribution is 2.12. The van der Waals surface area contributed by atoms with Gasteiger partial charge in [0.05, 0.1) is 12.2 Å². The molecule has 0 heterocycles. The summed E-state index contributed by atoms with van der Waals surface area (Å²) in [7, 11) is 1.45. The summed E-state index contributed by atoms with van der Waals surface area (Å²) in [4.78, 5) is 10.6. The molecule has 0 bridgehead atoms. The molecule has 3 nitrogen and oxygen atoms in total. The third-order valence-corrected chi connectivity index (χ3v) is 1.60. The molecule has 0 saturated carbocycles. The van der Waals surface area contributed by atoms with Crippen molar-refractivity contribution in [2.45, 2.75) is 20.5 Å². The van der Waals surface area contributed by atoms with Gasteiger partial charge in [-0.1, -0.05) is 19.9 Å². The molecule has 84 valence electrons. The maximum Gasteiger partial charge on any atom is 0.336 e. The maximum absolute atomic E-state index is 12.6. The van der Waals surface area contributed by atoms with Crippen molar-refractivity contribution < 1.29 is 19.0 Å². The van der Waals surface area contributed by atoms with E-state index in [1.54, 1.807) is 0 Å². The van der Waals surface area contributed by atoms with Gasteiger partial charge in [-0.3, -0.25) is 0 Å². The Bertz CT molecular complexity index is 324. The zero-order valence-electron chi connectivity index (χ0n) is 9.08. The lowest BCUT2D eigenvalue weighted by Gasteiger charge is -2.04. The molecule has 1 rings (SSSR count). The number of carbonyl (C=O) groups is 1. The Morgan fingerprint density at radius 1 is 1.47 bits per heavy atom. The van der Waals surface area contributed by atoms with Crippen molar-refractivity contribution in [2.24, 2.45) is 0 Å². The van der Waals surface area contributed by atoms with Crippen LogP contribution in [0.5, 0.6) is 0 Å². The molecule has 0 spiro atoms. The smallest absolute Gasteiger partial charge is 0.336 e. The van der Waals surface area contributed by atoms with Crippen LogP contribution in [0.2, 0.25) is 0 Å². The summed E-state index contributed by atoms with van der Waals surface area (Å²) >= 11 is 0. The number of halogens is 1. The predicted molar refractivity (Wildman–Crippen MR) is 55.4 cm³/mol. The molecule has 0 aliphatic rings. The van der Waals surface area contributed by atoms with Crippen LogP contribution in [-0.4, -0.2) is 18.2 Å². The minimum atomic E-state index is -1.15. The lowest BCUT2D eigenvalue weighted by atomic mass is 10.1. The Kier molecular flexibility index (Phi) is 6.29. The first-order chi connectivity index (χ1) is 7.15. The summed E-state index contributed by atoms with van der Waals surface area (Å²) in [5.41, 5.74) is 0.415. The Morgan fingerprint density at radius 2 is 2.07 bits per heavy atom. The fourth-order valence-electron chi connectivity index (χ4n) is 1.03. The lowest BCUT2D eigenvalue weighted by molar-refractivity contribution is 0.0691. The van der Waals surface area contributed by atoms with Crippen molar-refractivity contribution >= 4 is 5.97 Å². The molecular formula is C11H15FO3. The van der Waals surface area contributed by atoms with E-state index >= 15 is 0 Å². The molecule has 0 atom stereocenters. The molecule has 0 saturated heterocycles. The largest absolute Gasteiger partial charge is 0.478 e. The first kappa shape index (κ1) is 13.6. The molecular weight excluding hydrogens is 199 g/mol. The van der Waals surface area contributed by atoms with E-state index < -0.39 is 11.8 Å².